The molecular weight excluding hydrogens is 258 g/mol. The van der Waals surface area contributed by atoms with Crippen LogP contribution in [0.5, 0.6) is 5.75 Å². The molecule has 1 aliphatic heterocycles. The first kappa shape index (κ1) is 13.6. The van der Waals surface area contributed by atoms with E-state index >= 15 is 0 Å². The van der Waals surface area contributed by atoms with Crippen LogP contribution in [0.3, 0.4) is 0 Å². The Morgan fingerprint density at radius 1 is 0.952 bits per heavy atom. The molecule has 3 rings (SSSR count). The zero-order chi connectivity index (χ0) is 14.3. The van der Waals surface area contributed by atoms with E-state index in [9.17, 15) is 0 Å². The second-order valence-electron chi connectivity index (χ2n) is 5.11. The highest BCUT2D eigenvalue weighted by molar-refractivity contribution is 5.56. The van der Waals surface area contributed by atoms with E-state index in [1.54, 1.807) is 0 Å². The molecule has 106 valence electrons. The van der Waals surface area contributed by atoms with E-state index in [-0.39, 0.29) is 0 Å². The molecule has 0 N–H and O–H groups in total. The predicted octanol–water partition coefficient (Wildman–Crippen LogP) is 3.52. The van der Waals surface area contributed by atoms with Crippen molar-refractivity contribution in [2.45, 2.75) is 12.8 Å². The van der Waals surface area contributed by atoms with Gasteiger partial charge in [-0.15, -0.1) is 0 Å². The van der Waals surface area contributed by atoms with Gasteiger partial charge < -0.3 is 9.64 Å². The molecule has 2 nitrogen and oxygen atoms in total. The maximum absolute atomic E-state index is 5.57. The first-order valence-corrected chi connectivity index (χ1v) is 7.40. The molecule has 0 aromatic heterocycles. The predicted molar refractivity (Wildman–Crippen MR) is 86.7 cm³/mol. The number of aryl methyl sites for hydroxylation is 1. The van der Waals surface area contributed by atoms with Gasteiger partial charge in [-0.1, -0.05) is 48.2 Å². The number of nitrogens with zero attached hydrogens (tertiary/aromatic N) is 1. The van der Waals surface area contributed by atoms with E-state index in [1.165, 1.54) is 24.1 Å². The first-order chi connectivity index (χ1) is 10.4. The number of benzene rings is 2. The van der Waals surface area contributed by atoms with Gasteiger partial charge in [-0.2, -0.15) is 0 Å². The van der Waals surface area contributed by atoms with Gasteiger partial charge in [0, 0.05) is 12.2 Å². The van der Waals surface area contributed by atoms with E-state index < -0.39 is 0 Å². The highest BCUT2D eigenvalue weighted by Crippen LogP contribution is 2.25. The third-order valence-electron chi connectivity index (χ3n) is 3.66. The minimum absolute atomic E-state index is 0.444. The lowest BCUT2D eigenvalue weighted by molar-refractivity contribution is 0.370. The largest absolute Gasteiger partial charge is 0.481 e. The van der Waals surface area contributed by atoms with Crippen molar-refractivity contribution in [1.82, 2.24) is 0 Å². The molecule has 2 aromatic carbocycles. The summed E-state index contributed by atoms with van der Waals surface area (Å²) in [4.78, 5) is 2.36. The Labute approximate surface area is 126 Å². The van der Waals surface area contributed by atoms with Gasteiger partial charge in [0.1, 0.15) is 12.4 Å². The molecule has 2 aromatic rings. The van der Waals surface area contributed by atoms with Crippen molar-refractivity contribution in [2.75, 3.05) is 24.6 Å². The lowest BCUT2D eigenvalue weighted by Crippen LogP contribution is -2.29. The Morgan fingerprint density at radius 2 is 1.76 bits per heavy atom. The Kier molecular flexibility index (Phi) is 4.43. The monoisotopic (exact) mass is 277 g/mol. The Bertz CT molecular complexity index is 639. The van der Waals surface area contributed by atoms with E-state index in [2.05, 4.69) is 41.0 Å². The molecule has 0 spiro atoms. The lowest BCUT2D eigenvalue weighted by atomic mass is 10.0. The van der Waals surface area contributed by atoms with Crippen molar-refractivity contribution in [1.29, 1.82) is 0 Å². The van der Waals surface area contributed by atoms with Gasteiger partial charge in [0.05, 0.1) is 6.54 Å². The zero-order valence-corrected chi connectivity index (χ0v) is 12.1. The molecule has 0 aliphatic carbocycles. The molecule has 2 heteroatoms. The van der Waals surface area contributed by atoms with E-state index in [4.69, 9.17) is 4.74 Å². The number of rotatable bonds is 3. The zero-order valence-electron chi connectivity index (χ0n) is 12.1. The van der Waals surface area contributed by atoms with Crippen molar-refractivity contribution >= 4 is 5.69 Å². The standard InChI is InChI=1S/C19H19NO/c1-2-11-18(12-3-1)21-16-7-6-14-20-15-8-10-17-9-4-5-13-19(17)20/h1-5,9,11-13H,8,10,14-16H2. The topological polar surface area (TPSA) is 12.5 Å². The summed E-state index contributed by atoms with van der Waals surface area (Å²) in [6.45, 7) is 2.31. The van der Waals surface area contributed by atoms with Crippen LogP contribution in [0.25, 0.3) is 0 Å². The molecule has 0 unspecified atom stereocenters. The van der Waals surface area contributed by atoms with Crippen LogP contribution in [0.2, 0.25) is 0 Å². The first-order valence-electron chi connectivity index (χ1n) is 7.40. The average Bonchev–Trinajstić information content (AvgIpc) is 2.56. The molecule has 0 bridgehead atoms. The molecule has 0 fully saturated rings. The highest BCUT2D eigenvalue weighted by Gasteiger charge is 2.14. The summed E-state index contributed by atoms with van der Waals surface area (Å²) in [5.74, 6) is 7.19. The van der Waals surface area contributed by atoms with Gasteiger partial charge in [0.25, 0.3) is 0 Å². The van der Waals surface area contributed by atoms with Gasteiger partial charge in [0.2, 0.25) is 0 Å². The van der Waals surface area contributed by atoms with Crippen LogP contribution in [0.15, 0.2) is 54.6 Å². The fourth-order valence-corrected chi connectivity index (χ4v) is 2.61. The van der Waals surface area contributed by atoms with Gasteiger partial charge >= 0.3 is 0 Å². The number of ether oxygens (including phenoxy) is 1. The van der Waals surface area contributed by atoms with E-state index in [1.807, 2.05) is 30.3 Å². The van der Waals surface area contributed by atoms with Crippen LogP contribution in [0, 0.1) is 11.8 Å². The quantitative estimate of drug-likeness (QED) is 0.796. The minimum atomic E-state index is 0.444. The Morgan fingerprint density at radius 3 is 2.67 bits per heavy atom. The summed E-state index contributed by atoms with van der Waals surface area (Å²) in [5, 5.41) is 0. The molecule has 0 saturated carbocycles. The Hall–Kier alpha value is -2.40. The fourth-order valence-electron chi connectivity index (χ4n) is 2.61. The minimum Gasteiger partial charge on any atom is -0.481 e. The fraction of sp³-hybridized carbons (Fsp3) is 0.263. The van der Waals surface area contributed by atoms with E-state index in [0.29, 0.717) is 6.61 Å². The number of hydrogen-bond donors (Lipinski definition) is 0. The molecule has 0 radical (unpaired) electrons. The lowest BCUT2D eigenvalue weighted by Gasteiger charge is -2.29. The van der Waals surface area contributed by atoms with Gasteiger partial charge in [-0.3, -0.25) is 0 Å². The van der Waals surface area contributed by atoms with E-state index in [0.717, 1.165) is 18.8 Å². The summed E-state index contributed by atoms with van der Waals surface area (Å²) < 4.78 is 5.57. The molecule has 1 aliphatic rings. The van der Waals surface area contributed by atoms with Crippen molar-refractivity contribution in [3.63, 3.8) is 0 Å². The van der Waals surface area contributed by atoms with Crippen LogP contribution in [0.1, 0.15) is 12.0 Å². The second-order valence-corrected chi connectivity index (χ2v) is 5.11. The van der Waals surface area contributed by atoms with Gasteiger partial charge in [0.15, 0.2) is 0 Å². The number of anilines is 1. The SMILES string of the molecule is C(#CCN1CCCc2ccccc21)COc1ccccc1. The Balaban J connectivity index is 1.54. The maximum Gasteiger partial charge on any atom is 0.149 e. The maximum atomic E-state index is 5.57. The van der Waals surface area contributed by atoms with Crippen molar-refractivity contribution in [3.05, 3.63) is 60.2 Å². The van der Waals surface area contributed by atoms with Crippen LogP contribution in [-0.4, -0.2) is 19.7 Å². The molecule has 0 amide bonds. The molecule has 21 heavy (non-hydrogen) atoms. The van der Waals surface area contributed by atoms with Crippen LogP contribution in [0.4, 0.5) is 5.69 Å². The molecule has 0 saturated heterocycles. The summed E-state index contributed by atoms with van der Waals surface area (Å²) >= 11 is 0. The number of fused-ring (bicyclic) bond motifs is 1. The van der Waals surface area contributed by atoms with Crippen molar-refractivity contribution in [2.24, 2.45) is 0 Å². The highest BCUT2D eigenvalue weighted by atomic mass is 16.5. The third kappa shape index (κ3) is 3.58. The molecule has 0 atom stereocenters. The van der Waals surface area contributed by atoms with Crippen LogP contribution in [-0.2, 0) is 6.42 Å². The second kappa shape index (κ2) is 6.85. The summed E-state index contributed by atoms with van der Waals surface area (Å²) in [6.07, 6.45) is 2.39. The average molecular weight is 277 g/mol. The molecular formula is C19H19NO. The van der Waals surface area contributed by atoms with Crippen LogP contribution < -0.4 is 9.64 Å². The van der Waals surface area contributed by atoms with Crippen molar-refractivity contribution in [3.8, 4) is 17.6 Å². The summed E-state index contributed by atoms with van der Waals surface area (Å²) in [6, 6.07) is 18.4. The summed E-state index contributed by atoms with van der Waals surface area (Å²) in [5.41, 5.74) is 2.77. The van der Waals surface area contributed by atoms with Gasteiger partial charge in [-0.25, -0.2) is 0 Å². The summed E-state index contributed by atoms with van der Waals surface area (Å²) in [7, 11) is 0. The number of para-hydroxylation sites is 2. The normalized spacial score (nSPS) is 13.0. The smallest absolute Gasteiger partial charge is 0.149 e. The van der Waals surface area contributed by atoms with Gasteiger partial charge in [-0.05, 0) is 36.6 Å². The van der Waals surface area contributed by atoms with Crippen LogP contribution >= 0.6 is 0 Å². The third-order valence-corrected chi connectivity index (χ3v) is 3.66. The molecule has 1 heterocycles. The number of hydrogen-bond acceptors (Lipinski definition) is 2. The van der Waals surface area contributed by atoms with Crippen molar-refractivity contribution < 1.29 is 4.74 Å².